The van der Waals surface area contributed by atoms with Crippen LogP contribution in [0.15, 0.2) is 23.1 Å². The minimum absolute atomic E-state index is 0.166. The van der Waals surface area contributed by atoms with E-state index in [1.165, 1.54) is 16.4 Å². The Morgan fingerprint density at radius 1 is 1.38 bits per heavy atom. The minimum atomic E-state index is -3.80. The van der Waals surface area contributed by atoms with Gasteiger partial charge in [0, 0.05) is 32.2 Å². The highest BCUT2D eigenvalue weighted by molar-refractivity contribution is 7.89. The van der Waals surface area contributed by atoms with E-state index in [9.17, 15) is 12.8 Å². The Hall–Kier alpha value is -1.02. The second kappa shape index (κ2) is 6.39. The molecule has 1 saturated heterocycles. The van der Waals surface area contributed by atoms with E-state index in [1.807, 2.05) is 14.0 Å². The van der Waals surface area contributed by atoms with Gasteiger partial charge in [-0.1, -0.05) is 6.07 Å². The second-order valence-corrected chi connectivity index (χ2v) is 7.38. The van der Waals surface area contributed by atoms with Crippen LogP contribution in [0.2, 0.25) is 0 Å². The number of hydrogen-bond donors (Lipinski definition) is 1. The number of nitrogens with zero attached hydrogens (tertiary/aromatic N) is 2. The first-order valence-corrected chi connectivity index (χ1v) is 8.43. The maximum Gasteiger partial charge on any atom is 0.246 e. The molecule has 1 aliphatic rings. The quantitative estimate of drug-likeness (QED) is 0.896. The van der Waals surface area contributed by atoms with Crippen molar-refractivity contribution in [1.29, 1.82) is 0 Å². The summed E-state index contributed by atoms with van der Waals surface area (Å²) in [5, 5.41) is 2.94. The molecule has 1 aromatic rings. The molecule has 21 heavy (non-hydrogen) atoms. The molecule has 0 saturated carbocycles. The highest BCUT2D eigenvalue weighted by Gasteiger charge is 2.34. The van der Waals surface area contributed by atoms with Gasteiger partial charge in [-0.25, -0.2) is 12.8 Å². The molecule has 0 amide bonds. The Bertz CT molecular complexity index is 606. The smallest absolute Gasteiger partial charge is 0.246 e. The van der Waals surface area contributed by atoms with E-state index < -0.39 is 15.8 Å². The van der Waals surface area contributed by atoms with Gasteiger partial charge in [0.05, 0.1) is 0 Å². The average molecular weight is 315 g/mol. The van der Waals surface area contributed by atoms with Gasteiger partial charge in [0.15, 0.2) is 0 Å². The van der Waals surface area contributed by atoms with E-state index in [0.29, 0.717) is 26.2 Å². The summed E-state index contributed by atoms with van der Waals surface area (Å²) in [5.74, 6) is -0.694. The van der Waals surface area contributed by atoms with Crippen molar-refractivity contribution in [3.8, 4) is 0 Å². The topological polar surface area (TPSA) is 52.7 Å². The Morgan fingerprint density at radius 3 is 2.71 bits per heavy atom. The van der Waals surface area contributed by atoms with E-state index in [4.69, 9.17) is 0 Å². The summed E-state index contributed by atoms with van der Waals surface area (Å²) >= 11 is 0. The van der Waals surface area contributed by atoms with Gasteiger partial charge in [-0.05, 0) is 38.7 Å². The molecule has 0 aromatic heterocycles. The summed E-state index contributed by atoms with van der Waals surface area (Å²) in [6, 6.07) is 4.08. The van der Waals surface area contributed by atoms with E-state index in [1.54, 1.807) is 13.1 Å². The minimum Gasteiger partial charge on any atom is -0.316 e. The number of benzene rings is 1. The van der Waals surface area contributed by atoms with Crippen LogP contribution in [-0.2, 0) is 16.6 Å². The molecule has 1 fully saturated rings. The number of nitrogens with one attached hydrogen (secondary N) is 1. The monoisotopic (exact) mass is 315 g/mol. The summed E-state index contributed by atoms with van der Waals surface area (Å²) in [4.78, 5) is 1.84. The van der Waals surface area contributed by atoms with Gasteiger partial charge in [-0.3, -0.25) is 0 Å². The molecule has 1 N–H and O–H groups in total. The molecule has 0 radical (unpaired) electrons. The summed E-state index contributed by atoms with van der Waals surface area (Å²) in [6.07, 6.45) is 0. The SMILES string of the molecule is CNCc1ccc(F)c(S(=O)(=O)N2CCN(C)CC2C)c1. The van der Waals surface area contributed by atoms with Crippen molar-refractivity contribution in [1.82, 2.24) is 14.5 Å². The molecule has 0 bridgehead atoms. The summed E-state index contributed by atoms with van der Waals surface area (Å²) in [7, 11) is -0.0853. The van der Waals surface area contributed by atoms with Gasteiger partial charge in [0.2, 0.25) is 10.0 Å². The number of likely N-dealkylation sites (N-methyl/N-ethyl adjacent to an activating group) is 1. The number of hydrogen-bond acceptors (Lipinski definition) is 4. The molecule has 118 valence electrons. The maximum absolute atomic E-state index is 14.0. The Morgan fingerprint density at radius 2 is 2.10 bits per heavy atom. The first-order chi connectivity index (χ1) is 9.86. The van der Waals surface area contributed by atoms with Crippen molar-refractivity contribution in [3.63, 3.8) is 0 Å². The van der Waals surface area contributed by atoms with Gasteiger partial charge in [0.25, 0.3) is 0 Å². The van der Waals surface area contributed by atoms with Crippen LogP contribution in [0.5, 0.6) is 0 Å². The van der Waals surface area contributed by atoms with Crippen LogP contribution in [0.1, 0.15) is 12.5 Å². The molecular weight excluding hydrogens is 293 g/mol. The number of halogens is 1. The van der Waals surface area contributed by atoms with E-state index in [0.717, 1.165) is 5.56 Å². The molecule has 5 nitrogen and oxygen atoms in total. The Labute approximate surface area is 125 Å². The standard InChI is InChI=1S/C14H22FN3O2S/c1-11-10-17(3)6-7-18(11)21(19,20)14-8-12(9-16-2)4-5-13(14)15/h4-5,8,11,16H,6-7,9-10H2,1-3H3. The van der Waals surface area contributed by atoms with Crippen LogP contribution in [0.4, 0.5) is 4.39 Å². The van der Waals surface area contributed by atoms with Crippen LogP contribution in [0.25, 0.3) is 0 Å². The van der Waals surface area contributed by atoms with Crippen molar-refractivity contribution >= 4 is 10.0 Å². The van der Waals surface area contributed by atoms with Gasteiger partial charge in [-0.15, -0.1) is 0 Å². The van der Waals surface area contributed by atoms with E-state index >= 15 is 0 Å². The second-order valence-electron chi connectivity index (χ2n) is 5.52. The molecule has 1 atom stereocenters. The molecule has 1 aromatic carbocycles. The lowest BCUT2D eigenvalue weighted by Gasteiger charge is -2.37. The maximum atomic E-state index is 14.0. The van der Waals surface area contributed by atoms with Crippen molar-refractivity contribution in [2.45, 2.75) is 24.4 Å². The molecular formula is C14H22FN3O2S. The molecule has 1 unspecified atom stereocenters. The predicted octanol–water partition coefficient (Wildman–Crippen LogP) is 0.870. The third-order valence-electron chi connectivity index (χ3n) is 3.73. The predicted molar refractivity (Wildman–Crippen MR) is 80.0 cm³/mol. The fraction of sp³-hybridized carbons (Fsp3) is 0.571. The van der Waals surface area contributed by atoms with Crippen LogP contribution >= 0.6 is 0 Å². The van der Waals surface area contributed by atoms with Crippen molar-refractivity contribution in [2.24, 2.45) is 0 Å². The molecule has 0 aliphatic carbocycles. The number of rotatable bonds is 4. The van der Waals surface area contributed by atoms with Crippen molar-refractivity contribution < 1.29 is 12.8 Å². The first kappa shape index (κ1) is 16.4. The molecule has 2 rings (SSSR count). The zero-order chi connectivity index (χ0) is 15.6. The van der Waals surface area contributed by atoms with Crippen LogP contribution < -0.4 is 5.32 Å². The van der Waals surface area contributed by atoms with Crippen molar-refractivity contribution in [3.05, 3.63) is 29.6 Å². The van der Waals surface area contributed by atoms with E-state index in [2.05, 4.69) is 10.2 Å². The fourth-order valence-corrected chi connectivity index (χ4v) is 4.40. The summed E-state index contributed by atoms with van der Waals surface area (Å²) < 4.78 is 40.9. The van der Waals surface area contributed by atoms with Crippen LogP contribution in [-0.4, -0.2) is 57.4 Å². The molecule has 0 spiro atoms. The van der Waals surface area contributed by atoms with Gasteiger partial charge in [0.1, 0.15) is 10.7 Å². The summed E-state index contributed by atoms with van der Waals surface area (Å²) in [6.45, 7) is 4.04. The molecule has 1 aliphatic heterocycles. The highest BCUT2D eigenvalue weighted by Crippen LogP contribution is 2.24. The Kier molecular flexibility index (Phi) is 4.98. The zero-order valence-electron chi connectivity index (χ0n) is 12.6. The zero-order valence-corrected chi connectivity index (χ0v) is 13.5. The largest absolute Gasteiger partial charge is 0.316 e. The number of sulfonamides is 1. The normalized spacial score (nSPS) is 21.6. The third-order valence-corrected chi connectivity index (χ3v) is 5.76. The fourth-order valence-electron chi connectivity index (χ4n) is 2.67. The van der Waals surface area contributed by atoms with E-state index in [-0.39, 0.29) is 10.9 Å². The van der Waals surface area contributed by atoms with Crippen LogP contribution in [0.3, 0.4) is 0 Å². The Balaban J connectivity index is 2.37. The first-order valence-electron chi connectivity index (χ1n) is 6.99. The lowest BCUT2D eigenvalue weighted by Crippen LogP contribution is -2.52. The van der Waals surface area contributed by atoms with Gasteiger partial charge in [-0.2, -0.15) is 4.31 Å². The number of piperazine rings is 1. The molecule has 1 heterocycles. The highest BCUT2D eigenvalue weighted by atomic mass is 32.2. The molecule has 7 heteroatoms. The van der Waals surface area contributed by atoms with Crippen molar-refractivity contribution in [2.75, 3.05) is 33.7 Å². The average Bonchev–Trinajstić information content (AvgIpc) is 2.40. The summed E-state index contributed by atoms with van der Waals surface area (Å²) in [5.41, 5.74) is 0.749. The van der Waals surface area contributed by atoms with Gasteiger partial charge < -0.3 is 10.2 Å². The van der Waals surface area contributed by atoms with Crippen LogP contribution in [0, 0.1) is 5.82 Å². The lowest BCUT2D eigenvalue weighted by molar-refractivity contribution is 0.170. The lowest BCUT2D eigenvalue weighted by atomic mass is 10.2. The van der Waals surface area contributed by atoms with Gasteiger partial charge >= 0.3 is 0 Å². The third kappa shape index (κ3) is 3.42.